The fourth-order valence-corrected chi connectivity index (χ4v) is 9.61. The van der Waals surface area contributed by atoms with Gasteiger partial charge in [0.25, 0.3) is 6.33 Å². The second-order valence-electron chi connectivity index (χ2n) is 18.6. The Kier molecular flexibility index (Phi) is 9.43. The number of para-hydroxylation sites is 3. The molecular formula is C66H50N4OPt-2. The number of aromatic nitrogens is 4. The SMILES string of the molecule is [2H]c1c([2H])c([2H])c(-c2cccc(-c3c([2H])c([2H])c([2H])c([2H])c3[2H])c2-[n+]2[c-]n(-c3[c-]c(Oc4[c-]c5c(cc4)c4cc(-c6ccc(-c7c(C)cccc7C)cc6)ccc4n5-c4cc(C(C)(C)C)ccn4)ccc3)c3ccccc32)c([2H])c1[2H].[Pt]. The van der Waals surface area contributed by atoms with E-state index in [9.17, 15) is 0 Å². The molecule has 0 fully saturated rings. The first kappa shape index (κ1) is 35.9. The van der Waals surface area contributed by atoms with Gasteiger partial charge in [0.15, 0.2) is 0 Å². The van der Waals surface area contributed by atoms with Crippen molar-refractivity contribution in [2.75, 3.05) is 0 Å². The van der Waals surface area contributed by atoms with Crippen molar-refractivity contribution in [3.63, 3.8) is 0 Å². The van der Waals surface area contributed by atoms with Crippen LogP contribution in [0.5, 0.6) is 11.5 Å². The van der Waals surface area contributed by atoms with Gasteiger partial charge in [-0.1, -0.05) is 184 Å². The molecule has 0 saturated carbocycles. The maximum absolute atomic E-state index is 9.06. The number of nitrogens with zero attached hydrogens (tertiary/aromatic N) is 4. The summed E-state index contributed by atoms with van der Waals surface area (Å²) in [6.45, 7) is 10.8. The second-order valence-corrected chi connectivity index (χ2v) is 18.6. The molecule has 0 saturated heterocycles. The van der Waals surface area contributed by atoms with Gasteiger partial charge in [0.05, 0.1) is 30.4 Å². The molecule has 0 aliphatic heterocycles. The summed E-state index contributed by atoms with van der Waals surface area (Å²) in [5.41, 5.74) is 11.5. The Balaban J connectivity index is 0.00000705. The van der Waals surface area contributed by atoms with Crippen LogP contribution in [0.15, 0.2) is 212 Å². The number of imidazole rings is 1. The van der Waals surface area contributed by atoms with Gasteiger partial charge in [-0.3, -0.25) is 4.57 Å². The number of pyridine rings is 1. The monoisotopic (exact) mass is 1120 g/mol. The van der Waals surface area contributed by atoms with Crippen LogP contribution in [0.4, 0.5) is 0 Å². The van der Waals surface area contributed by atoms with Gasteiger partial charge in [-0.2, -0.15) is 18.2 Å². The van der Waals surface area contributed by atoms with Gasteiger partial charge < -0.3 is 13.9 Å². The molecule has 0 amide bonds. The third kappa shape index (κ3) is 8.44. The maximum Gasteiger partial charge on any atom is 0.268 e. The van der Waals surface area contributed by atoms with E-state index >= 15 is 0 Å². The van der Waals surface area contributed by atoms with E-state index in [0.29, 0.717) is 28.2 Å². The van der Waals surface area contributed by atoms with E-state index in [2.05, 4.69) is 124 Å². The summed E-state index contributed by atoms with van der Waals surface area (Å²) in [5, 5.41) is 1.98. The van der Waals surface area contributed by atoms with Crippen molar-refractivity contribution in [3.05, 3.63) is 247 Å². The van der Waals surface area contributed by atoms with Crippen LogP contribution in [0.25, 0.3) is 94.5 Å². The maximum atomic E-state index is 9.06. The summed E-state index contributed by atoms with van der Waals surface area (Å²) in [5.74, 6) is 1.50. The molecule has 12 aromatic rings. The van der Waals surface area contributed by atoms with Gasteiger partial charge in [-0.25, -0.2) is 4.98 Å². The number of rotatable bonds is 9. The number of hydrogen-bond donors (Lipinski definition) is 0. The number of benzene rings is 9. The molecule has 9 aromatic carbocycles. The summed E-state index contributed by atoms with van der Waals surface area (Å²) in [6.07, 6.45) is 5.27. The molecule has 0 bridgehead atoms. The quantitative estimate of drug-likeness (QED) is 0.107. The van der Waals surface area contributed by atoms with Crippen molar-refractivity contribution >= 4 is 32.8 Å². The zero-order chi connectivity index (χ0) is 56.9. The van der Waals surface area contributed by atoms with Gasteiger partial charge in [-0.05, 0) is 110 Å². The smallest absolute Gasteiger partial charge is 0.268 e. The van der Waals surface area contributed by atoms with Crippen molar-refractivity contribution < 1.29 is 44.1 Å². The molecule has 0 radical (unpaired) electrons. The van der Waals surface area contributed by atoms with Crippen molar-refractivity contribution in [1.82, 2.24) is 14.1 Å². The number of ether oxygens (including phenoxy) is 1. The molecule has 0 aliphatic carbocycles. The fraction of sp³-hybridized carbons (Fsp3) is 0.0909. The molecule has 72 heavy (non-hydrogen) atoms. The van der Waals surface area contributed by atoms with Crippen LogP contribution in [0.1, 0.15) is 51.2 Å². The van der Waals surface area contributed by atoms with Gasteiger partial charge >= 0.3 is 0 Å². The molecule has 3 heterocycles. The van der Waals surface area contributed by atoms with Crippen molar-refractivity contribution in [2.24, 2.45) is 0 Å². The molecular weight excluding hydrogens is 1060 g/mol. The van der Waals surface area contributed by atoms with E-state index in [-0.39, 0.29) is 54.4 Å². The minimum absolute atomic E-state index is 0. The third-order valence-corrected chi connectivity index (χ3v) is 13.1. The predicted molar refractivity (Wildman–Crippen MR) is 290 cm³/mol. The van der Waals surface area contributed by atoms with Crippen LogP contribution in [-0.2, 0) is 26.5 Å². The Hall–Kier alpha value is -8.11. The number of fused-ring (bicyclic) bond motifs is 4. The summed E-state index contributed by atoms with van der Waals surface area (Å²) in [7, 11) is 0. The topological polar surface area (TPSA) is 35.9 Å². The average molecular weight is 1120 g/mol. The summed E-state index contributed by atoms with van der Waals surface area (Å²) in [6, 6.07) is 49.0. The van der Waals surface area contributed by atoms with E-state index in [4.69, 9.17) is 23.4 Å². The zero-order valence-electron chi connectivity index (χ0n) is 49.9. The summed E-state index contributed by atoms with van der Waals surface area (Å²) < 4.78 is 99.6. The minimum atomic E-state index is -0.575. The Morgan fingerprint density at radius 1 is 0.569 bits per heavy atom. The Morgan fingerprint density at radius 2 is 1.21 bits per heavy atom. The van der Waals surface area contributed by atoms with Crippen molar-refractivity contribution in [2.45, 2.75) is 40.0 Å². The van der Waals surface area contributed by atoms with E-state index in [1.807, 2.05) is 60.8 Å². The Morgan fingerprint density at radius 3 is 1.92 bits per heavy atom. The van der Waals surface area contributed by atoms with E-state index in [1.54, 1.807) is 33.4 Å². The standard InChI is InChI=1S/C66H50N4O.Pt/c1-44-17-14-18-45(2)64(44)49-31-29-46(30-32-49)50-33-36-59-58(39-50)57-35-34-54(42-62(57)70(59)63-40-51(37-38-67-63)66(3,4)5)71-53-24-15-23-52(41-53)68-43-69(61-28-13-12-27-60(61)68)65-55(47-19-8-6-9-20-47)25-16-26-56(65)48-21-10-7-11-22-48;/h6-40H,1-5H3;/q-2;/i6D,7D,8D,9D,10D,11D,19D,20D,21D,22D;. The van der Waals surface area contributed by atoms with Crippen molar-refractivity contribution in [1.29, 1.82) is 0 Å². The molecule has 0 atom stereocenters. The first-order valence-electron chi connectivity index (χ1n) is 28.4. The molecule has 6 heteroatoms. The summed E-state index contributed by atoms with van der Waals surface area (Å²) >= 11 is 0. The molecule has 3 aromatic heterocycles. The van der Waals surface area contributed by atoms with Crippen LogP contribution in [0, 0.1) is 32.3 Å². The number of aryl methyl sites for hydroxylation is 2. The van der Waals surface area contributed by atoms with Crippen LogP contribution < -0.4 is 9.30 Å². The fourth-order valence-electron chi connectivity index (χ4n) is 9.61. The Bertz CT molecular complexity index is 4420. The van der Waals surface area contributed by atoms with Crippen LogP contribution in [0.3, 0.4) is 0 Å². The molecule has 12 rings (SSSR count). The second kappa shape index (κ2) is 18.9. The van der Waals surface area contributed by atoms with Crippen LogP contribution in [-0.4, -0.2) is 14.1 Å². The first-order valence-corrected chi connectivity index (χ1v) is 23.4. The van der Waals surface area contributed by atoms with E-state index in [1.165, 1.54) is 22.3 Å². The average Bonchev–Trinajstić information content (AvgIpc) is 2.68. The summed E-state index contributed by atoms with van der Waals surface area (Å²) in [4.78, 5) is 4.92. The van der Waals surface area contributed by atoms with Gasteiger partial charge in [0, 0.05) is 44.3 Å². The first-order chi connectivity index (χ1) is 38.8. The van der Waals surface area contributed by atoms with Crippen molar-refractivity contribution in [3.8, 4) is 73.2 Å². The zero-order valence-corrected chi connectivity index (χ0v) is 42.2. The molecule has 5 nitrogen and oxygen atoms in total. The number of hydrogen-bond acceptors (Lipinski definition) is 2. The Labute approximate surface area is 449 Å². The minimum Gasteiger partial charge on any atom is -0.510 e. The van der Waals surface area contributed by atoms with Crippen LogP contribution >= 0.6 is 0 Å². The largest absolute Gasteiger partial charge is 0.510 e. The molecule has 352 valence electrons. The van der Waals surface area contributed by atoms with E-state index < -0.39 is 60.4 Å². The molecule has 0 N–H and O–H groups in total. The normalized spacial score (nSPS) is 13.5. The molecule has 0 unspecified atom stereocenters. The van der Waals surface area contributed by atoms with E-state index in [0.717, 1.165) is 44.3 Å². The molecule has 0 aliphatic rings. The van der Waals surface area contributed by atoms with Gasteiger partial charge in [0.2, 0.25) is 0 Å². The van der Waals surface area contributed by atoms with Gasteiger partial charge in [0.1, 0.15) is 5.82 Å². The predicted octanol–water partition coefficient (Wildman–Crippen LogP) is 16.2. The van der Waals surface area contributed by atoms with Gasteiger partial charge in [-0.15, -0.1) is 29.7 Å². The molecule has 0 spiro atoms. The third-order valence-electron chi connectivity index (χ3n) is 13.1. The van der Waals surface area contributed by atoms with Crippen LogP contribution in [0.2, 0.25) is 0 Å².